The van der Waals surface area contributed by atoms with Gasteiger partial charge in [-0.1, -0.05) is 17.3 Å². The van der Waals surface area contributed by atoms with E-state index in [4.69, 9.17) is 13.7 Å². The fourth-order valence-electron chi connectivity index (χ4n) is 4.73. The number of methoxy groups -OCH3 is 1. The number of nitrogens with one attached hydrogen (secondary N) is 1. The maximum Gasteiger partial charge on any atom is 0.291 e. The van der Waals surface area contributed by atoms with Crippen molar-refractivity contribution < 1.29 is 27.7 Å². The lowest BCUT2D eigenvalue weighted by molar-refractivity contribution is 0.0718. The number of nitrogens with zero attached hydrogens (tertiary/aromatic N) is 3. The predicted molar refractivity (Wildman–Crippen MR) is 147 cm³/mol. The van der Waals surface area contributed by atoms with Crippen LogP contribution in [0.5, 0.6) is 5.75 Å². The van der Waals surface area contributed by atoms with E-state index in [0.717, 1.165) is 11.4 Å². The predicted octanol–water partition coefficient (Wildman–Crippen LogP) is 5.45. The highest BCUT2D eigenvalue weighted by Crippen LogP contribution is 2.33. The van der Waals surface area contributed by atoms with Crippen LogP contribution >= 0.6 is 0 Å². The summed E-state index contributed by atoms with van der Waals surface area (Å²) in [6.45, 7) is 2.26. The van der Waals surface area contributed by atoms with Gasteiger partial charge in [-0.3, -0.25) is 9.59 Å². The van der Waals surface area contributed by atoms with Crippen LogP contribution in [0.15, 0.2) is 87.8 Å². The number of furan rings is 1. The number of carbonyl (C=O) groups is 2. The zero-order valence-electron chi connectivity index (χ0n) is 21.6. The van der Waals surface area contributed by atoms with E-state index < -0.39 is 5.91 Å². The Morgan fingerprint density at radius 1 is 0.950 bits per heavy atom. The number of benzene rings is 3. The highest BCUT2D eigenvalue weighted by Gasteiger charge is 2.29. The lowest BCUT2D eigenvalue weighted by Gasteiger charge is -2.35. The summed E-state index contributed by atoms with van der Waals surface area (Å²) in [6, 6.07) is 22.1. The number of aromatic nitrogens is 1. The zero-order chi connectivity index (χ0) is 27.6. The van der Waals surface area contributed by atoms with Crippen LogP contribution < -0.4 is 15.0 Å². The number of carbonyl (C=O) groups excluding carboxylic acids is 2. The van der Waals surface area contributed by atoms with Gasteiger partial charge in [-0.2, -0.15) is 0 Å². The Bertz CT molecular complexity index is 1670. The summed E-state index contributed by atoms with van der Waals surface area (Å²) in [5.74, 6) is -0.111. The summed E-state index contributed by atoms with van der Waals surface area (Å²) in [6.07, 6.45) is 0. The summed E-state index contributed by atoms with van der Waals surface area (Å²) in [5, 5.41) is 7.27. The Labute approximate surface area is 228 Å². The van der Waals surface area contributed by atoms with Crippen molar-refractivity contribution in [3.8, 4) is 17.1 Å². The molecule has 1 fully saturated rings. The van der Waals surface area contributed by atoms with Gasteiger partial charge in [0.15, 0.2) is 11.5 Å². The molecule has 202 valence electrons. The van der Waals surface area contributed by atoms with E-state index in [2.05, 4.69) is 15.4 Å². The second kappa shape index (κ2) is 10.6. The number of halogens is 1. The number of para-hydroxylation sites is 1. The third-order valence-electron chi connectivity index (χ3n) is 6.90. The number of anilines is 2. The van der Waals surface area contributed by atoms with Crippen molar-refractivity contribution in [2.24, 2.45) is 0 Å². The van der Waals surface area contributed by atoms with E-state index in [0.29, 0.717) is 48.5 Å². The molecule has 0 spiro atoms. The standard InChI is InChI=1S/C30H25FN4O5/c1-38-22-12-10-21(11-13-22)34-14-16-35(17-15-34)30(37)28-27(23-4-2-3-5-25(23)39-28)32-29(36)24-18-26(40-33-24)19-6-8-20(31)9-7-19/h2-13,18H,14-17H2,1H3,(H,32,36). The van der Waals surface area contributed by atoms with Gasteiger partial charge < -0.3 is 28.8 Å². The summed E-state index contributed by atoms with van der Waals surface area (Å²) in [4.78, 5) is 30.7. The molecule has 1 N–H and O–H groups in total. The minimum atomic E-state index is -0.568. The number of hydrogen-bond donors (Lipinski definition) is 1. The molecule has 3 heterocycles. The van der Waals surface area contributed by atoms with Crippen molar-refractivity contribution in [2.75, 3.05) is 43.5 Å². The van der Waals surface area contributed by atoms with Crippen molar-refractivity contribution in [1.82, 2.24) is 10.1 Å². The Balaban J connectivity index is 1.21. The molecule has 3 aromatic carbocycles. The second-order valence-corrected chi connectivity index (χ2v) is 9.32. The molecule has 0 aliphatic carbocycles. The molecule has 1 aliphatic heterocycles. The molecule has 0 saturated carbocycles. The lowest BCUT2D eigenvalue weighted by Crippen LogP contribution is -2.48. The fraction of sp³-hybridized carbons (Fsp3) is 0.167. The zero-order valence-corrected chi connectivity index (χ0v) is 21.6. The Hall–Kier alpha value is -5.12. The first kappa shape index (κ1) is 25.2. The van der Waals surface area contributed by atoms with Crippen LogP contribution in [0.4, 0.5) is 15.8 Å². The quantitative estimate of drug-likeness (QED) is 0.306. The third kappa shape index (κ3) is 4.86. The van der Waals surface area contributed by atoms with Crippen LogP contribution in [0, 0.1) is 5.82 Å². The van der Waals surface area contributed by atoms with Crippen molar-refractivity contribution in [3.63, 3.8) is 0 Å². The smallest absolute Gasteiger partial charge is 0.291 e. The van der Waals surface area contributed by atoms with Gasteiger partial charge in [-0.05, 0) is 60.7 Å². The molecule has 0 atom stereocenters. The Morgan fingerprint density at radius 3 is 2.40 bits per heavy atom. The minimum absolute atomic E-state index is 0.0103. The molecule has 2 amide bonds. The van der Waals surface area contributed by atoms with Crippen LogP contribution in [-0.4, -0.2) is 55.2 Å². The molecule has 0 bridgehead atoms. The average molecular weight is 541 g/mol. The first-order valence-electron chi connectivity index (χ1n) is 12.7. The first-order valence-corrected chi connectivity index (χ1v) is 12.7. The van der Waals surface area contributed by atoms with E-state index in [1.54, 1.807) is 36.3 Å². The van der Waals surface area contributed by atoms with Gasteiger partial charge in [-0.25, -0.2) is 4.39 Å². The second-order valence-electron chi connectivity index (χ2n) is 9.32. The largest absolute Gasteiger partial charge is 0.497 e. The molecule has 0 radical (unpaired) electrons. The topological polar surface area (TPSA) is 101 Å². The van der Waals surface area contributed by atoms with Gasteiger partial charge in [0.1, 0.15) is 22.8 Å². The number of hydrogen-bond acceptors (Lipinski definition) is 7. The molecule has 0 unspecified atom stereocenters. The molecule has 10 heteroatoms. The molecular formula is C30H25FN4O5. The third-order valence-corrected chi connectivity index (χ3v) is 6.90. The molecule has 40 heavy (non-hydrogen) atoms. The SMILES string of the molecule is COc1ccc(N2CCN(C(=O)c3oc4ccccc4c3NC(=O)c3cc(-c4ccc(F)cc4)on3)CC2)cc1. The highest BCUT2D eigenvalue weighted by molar-refractivity contribution is 6.14. The van der Waals surface area contributed by atoms with Gasteiger partial charge >= 0.3 is 0 Å². The highest BCUT2D eigenvalue weighted by atomic mass is 19.1. The van der Waals surface area contributed by atoms with E-state index >= 15 is 0 Å². The number of piperazine rings is 1. The fourth-order valence-corrected chi connectivity index (χ4v) is 4.73. The lowest BCUT2D eigenvalue weighted by atomic mass is 10.1. The molecular weight excluding hydrogens is 515 g/mol. The van der Waals surface area contributed by atoms with Crippen molar-refractivity contribution in [1.29, 1.82) is 0 Å². The molecule has 5 aromatic rings. The maximum atomic E-state index is 13.6. The summed E-state index contributed by atoms with van der Waals surface area (Å²) in [7, 11) is 1.63. The van der Waals surface area contributed by atoms with Gasteiger partial charge in [0.2, 0.25) is 5.76 Å². The normalized spacial score (nSPS) is 13.4. The average Bonchev–Trinajstić information content (AvgIpc) is 3.63. The van der Waals surface area contributed by atoms with Gasteiger partial charge in [0, 0.05) is 48.9 Å². The summed E-state index contributed by atoms with van der Waals surface area (Å²) >= 11 is 0. The van der Waals surface area contributed by atoms with Crippen LogP contribution in [0.25, 0.3) is 22.3 Å². The summed E-state index contributed by atoms with van der Waals surface area (Å²) in [5.41, 5.74) is 2.39. The minimum Gasteiger partial charge on any atom is -0.497 e. The molecule has 9 nitrogen and oxygen atoms in total. The van der Waals surface area contributed by atoms with E-state index in [1.807, 2.05) is 24.3 Å². The van der Waals surface area contributed by atoms with Crippen LogP contribution in [0.2, 0.25) is 0 Å². The number of ether oxygens (including phenoxy) is 1. The van der Waals surface area contributed by atoms with Gasteiger partial charge in [0.05, 0.1) is 7.11 Å². The van der Waals surface area contributed by atoms with Crippen LogP contribution in [0.1, 0.15) is 21.0 Å². The monoisotopic (exact) mass is 540 g/mol. The van der Waals surface area contributed by atoms with Crippen molar-refractivity contribution in [2.45, 2.75) is 0 Å². The Kier molecular flexibility index (Phi) is 6.65. The summed E-state index contributed by atoms with van der Waals surface area (Å²) < 4.78 is 29.8. The number of fused-ring (bicyclic) bond motifs is 1. The number of rotatable bonds is 6. The van der Waals surface area contributed by atoms with Gasteiger partial charge in [-0.15, -0.1) is 0 Å². The van der Waals surface area contributed by atoms with E-state index in [1.165, 1.54) is 30.3 Å². The molecule has 1 saturated heterocycles. The van der Waals surface area contributed by atoms with Crippen LogP contribution in [0.3, 0.4) is 0 Å². The van der Waals surface area contributed by atoms with Gasteiger partial charge in [0.25, 0.3) is 11.8 Å². The maximum absolute atomic E-state index is 13.6. The van der Waals surface area contributed by atoms with Crippen LogP contribution in [-0.2, 0) is 0 Å². The van der Waals surface area contributed by atoms with Crippen molar-refractivity contribution >= 4 is 34.2 Å². The first-order chi connectivity index (χ1) is 19.5. The molecule has 6 rings (SSSR count). The number of amides is 2. The van der Waals surface area contributed by atoms with E-state index in [9.17, 15) is 14.0 Å². The Morgan fingerprint density at radius 2 is 1.68 bits per heavy atom. The van der Waals surface area contributed by atoms with E-state index in [-0.39, 0.29) is 28.9 Å². The molecule has 1 aliphatic rings. The molecule has 2 aromatic heterocycles. The van der Waals surface area contributed by atoms with Crippen molar-refractivity contribution in [3.05, 3.63) is 96.1 Å².